The lowest BCUT2D eigenvalue weighted by molar-refractivity contribution is 0.128. The second-order valence-electron chi connectivity index (χ2n) is 4.54. The minimum absolute atomic E-state index is 0.105. The van der Waals surface area contributed by atoms with Crippen molar-refractivity contribution in [3.8, 4) is 0 Å². The standard InChI is InChI=1S/C14H23ClN2O/c1-4-13(16)14(17(2)9-10-18-3)11-5-7-12(15)8-6-11/h5-8,13-14H,4,9-10,16H2,1-3H3. The highest BCUT2D eigenvalue weighted by atomic mass is 35.5. The Labute approximate surface area is 115 Å². The summed E-state index contributed by atoms with van der Waals surface area (Å²) in [6.07, 6.45) is 0.935. The van der Waals surface area contributed by atoms with Crippen molar-refractivity contribution in [3.63, 3.8) is 0 Å². The number of nitrogens with two attached hydrogens (primary N) is 1. The van der Waals surface area contributed by atoms with Crippen LogP contribution in [0, 0.1) is 0 Å². The number of likely N-dealkylation sites (N-methyl/N-ethyl adjacent to an activating group) is 1. The van der Waals surface area contributed by atoms with Crippen LogP contribution in [0.5, 0.6) is 0 Å². The third-order valence-electron chi connectivity index (χ3n) is 3.21. The zero-order valence-electron chi connectivity index (χ0n) is 11.4. The van der Waals surface area contributed by atoms with Crippen LogP contribution >= 0.6 is 11.6 Å². The average molecular weight is 271 g/mol. The van der Waals surface area contributed by atoms with Gasteiger partial charge in [0.25, 0.3) is 0 Å². The molecule has 0 aromatic heterocycles. The number of hydrogen-bond acceptors (Lipinski definition) is 3. The Hall–Kier alpha value is -0.610. The lowest BCUT2D eigenvalue weighted by atomic mass is 9.97. The number of ether oxygens (including phenoxy) is 1. The first kappa shape index (κ1) is 15.4. The highest BCUT2D eigenvalue weighted by molar-refractivity contribution is 6.30. The molecule has 0 saturated heterocycles. The van der Waals surface area contributed by atoms with Gasteiger partial charge in [-0.1, -0.05) is 30.7 Å². The van der Waals surface area contributed by atoms with E-state index in [4.69, 9.17) is 22.1 Å². The van der Waals surface area contributed by atoms with Crippen LogP contribution in [0.15, 0.2) is 24.3 Å². The Kier molecular flexibility index (Phi) is 6.65. The molecule has 0 bridgehead atoms. The van der Waals surface area contributed by atoms with E-state index in [0.29, 0.717) is 6.61 Å². The van der Waals surface area contributed by atoms with Crippen molar-refractivity contribution in [2.75, 3.05) is 27.3 Å². The molecule has 0 saturated carbocycles. The van der Waals surface area contributed by atoms with E-state index in [1.807, 2.05) is 24.3 Å². The summed E-state index contributed by atoms with van der Waals surface area (Å²) < 4.78 is 5.13. The quantitative estimate of drug-likeness (QED) is 0.828. The summed E-state index contributed by atoms with van der Waals surface area (Å²) in [6.45, 7) is 3.67. The van der Waals surface area contributed by atoms with Gasteiger partial charge in [0.05, 0.1) is 6.61 Å². The number of hydrogen-bond donors (Lipinski definition) is 1. The van der Waals surface area contributed by atoms with E-state index >= 15 is 0 Å². The van der Waals surface area contributed by atoms with Crippen LogP contribution in [0.25, 0.3) is 0 Å². The maximum atomic E-state index is 6.24. The number of methoxy groups -OCH3 is 1. The van der Waals surface area contributed by atoms with Crippen molar-refractivity contribution in [3.05, 3.63) is 34.9 Å². The van der Waals surface area contributed by atoms with Crippen molar-refractivity contribution in [2.24, 2.45) is 5.73 Å². The fourth-order valence-corrected chi connectivity index (χ4v) is 2.21. The maximum Gasteiger partial charge on any atom is 0.0589 e. The molecule has 0 aliphatic heterocycles. The molecule has 0 aliphatic rings. The zero-order valence-corrected chi connectivity index (χ0v) is 12.2. The fraction of sp³-hybridized carbons (Fsp3) is 0.571. The van der Waals surface area contributed by atoms with Gasteiger partial charge in [-0.25, -0.2) is 0 Å². The summed E-state index contributed by atoms with van der Waals surface area (Å²) >= 11 is 5.93. The van der Waals surface area contributed by atoms with Gasteiger partial charge in [0, 0.05) is 30.8 Å². The molecule has 0 amide bonds. The van der Waals surface area contributed by atoms with Crippen molar-refractivity contribution in [1.29, 1.82) is 0 Å². The van der Waals surface area contributed by atoms with Crippen LogP contribution < -0.4 is 5.73 Å². The summed E-state index contributed by atoms with van der Waals surface area (Å²) in [6, 6.07) is 8.22. The molecule has 0 fully saturated rings. The summed E-state index contributed by atoms with van der Waals surface area (Å²) in [7, 11) is 3.79. The Morgan fingerprint density at radius 1 is 1.33 bits per heavy atom. The largest absolute Gasteiger partial charge is 0.383 e. The van der Waals surface area contributed by atoms with Crippen molar-refractivity contribution in [1.82, 2.24) is 4.90 Å². The van der Waals surface area contributed by atoms with Crippen LogP contribution in [0.2, 0.25) is 5.02 Å². The molecule has 0 heterocycles. The molecule has 1 rings (SSSR count). The van der Waals surface area contributed by atoms with E-state index in [1.165, 1.54) is 5.56 Å². The molecule has 1 aromatic rings. The van der Waals surface area contributed by atoms with E-state index in [1.54, 1.807) is 7.11 Å². The van der Waals surface area contributed by atoms with Crippen LogP contribution in [-0.4, -0.2) is 38.3 Å². The van der Waals surface area contributed by atoms with Crippen LogP contribution in [-0.2, 0) is 4.74 Å². The van der Waals surface area contributed by atoms with E-state index in [0.717, 1.165) is 18.0 Å². The van der Waals surface area contributed by atoms with Crippen molar-refractivity contribution < 1.29 is 4.74 Å². The van der Waals surface area contributed by atoms with Crippen LogP contribution in [0.1, 0.15) is 24.9 Å². The normalized spacial score (nSPS) is 14.8. The minimum Gasteiger partial charge on any atom is -0.383 e. The van der Waals surface area contributed by atoms with Gasteiger partial charge in [-0.15, -0.1) is 0 Å². The Morgan fingerprint density at radius 2 is 1.94 bits per heavy atom. The molecular weight excluding hydrogens is 248 g/mol. The number of nitrogens with zero attached hydrogens (tertiary/aromatic N) is 1. The molecule has 1 aromatic carbocycles. The molecule has 4 heteroatoms. The zero-order chi connectivity index (χ0) is 13.5. The first-order valence-corrected chi connectivity index (χ1v) is 6.68. The molecule has 2 unspecified atom stereocenters. The number of halogens is 1. The number of benzene rings is 1. The van der Waals surface area contributed by atoms with Gasteiger partial charge in [-0.05, 0) is 31.2 Å². The molecule has 3 nitrogen and oxygen atoms in total. The first-order chi connectivity index (χ1) is 8.60. The first-order valence-electron chi connectivity index (χ1n) is 6.30. The highest BCUT2D eigenvalue weighted by Gasteiger charge is 2.22. The SMILES string of the molecule is CCC(N)C(c1ccc(Cl)cc1)N(C)CCOC. The molecule has 0 radical (unpaired) electrons. The topological polar surface area (TPSA) is 38.5 Å². The molecule has 102 valence electrons. The van der Waals surface area contributed by atoms with Gasteiger partial charge >= 0.3 is 0 Å². The third kappa shape index (κ3) is 4.25. The van der Waals surface area contributed by atoms with E-state index in [2.05, 4.69) is 18.9 Å². The summed E-state index contributed by atoms with van der Waals surface area (Å²) in [5, 5.41) is 0.752. The lowest BCUT2D eigenvalue weighted by Crippen LogP contribution is -2.40. The minimum atomic E-state index is 0.105. The van der Waals surface area contributed by atoms with Crippen molar-refractivity contribution >= 4 is 11.6 Å². The number of rotatable bonds is 7. The average Bonchev–Trinajstić information content (AvgIpc) is 2.38. The monoisotopic (exact) mass is 270 g/mol. The van der Waals surface area contributed by atoms with Gasteiger partial charge < -0.3 is 10.5 Å². The smallest absolute Gasteiger partial charge is 0.0589 e. The molecule has 0 aliphatic carbocycles. The second-order valence-corrected chi connectivity index (χ2v) is 4.98. The van der Waals surface area contributed by atoms with Gasteiger partial charge in [0.2, 0.25) is 0 Å². The van der Waals surface area contributed by atoms with E-state index in [9.17, 15) is 0 Å². The second kappa shape index (κ2) is 7.74. The van der Waals surface area contributed by atoms with Gasteiger partial charge in [-0.2, -0.15) is 0 Å². The predicted molar refractivity (Wildman–Crippen MR) is 77.0 cm³/mol. The molecule has 0 spiro atoms. The molecule has 2 N–H and O–H groups in total. The van der Waals surface area contributed by atoms with Gasteiger partial charge in [0.15, 0.2) is 0 Å². The summed E-state index contributed by atoms with van der Waals surface area (Å²) in [4.78, 5) is 2.24. The third-order valence-corrected chi connectivity index (χ3v) is 3.46. The Bertz CT molecular complexity index is 342. The lowest BCUT2D eigenvalue weighted by Gasteiger charge is -2.32. The molecular formula is C14H23ClN2O. The Morgan fingerprint density at radius 3 is 2.44 bits per heavy atom. The fourth-order valence-electron chi connectivity index (χ4n) is 2.09. The maximum absolute atomic E-state index is 6.24. The Balaban J connectivity index is 2.86. The molecule has 2 atom stereocenters. The summed E-state index contributed by atoms with van der Waals surface area (Å²) in [5.41, 5.74) is 7.45. The van der Waals surface area contributed by atoms with Crippen molar-refractivity contribution in [2.45, 2.75) is 25.4 Å². The molecule has 18 heavy (non-hydrogen) atoms. The predicted octanol–water partition coefficient (Wildman–Crippen LogP) is 2.70. The van der Waals surface area contributed by atoms with Crippen LogP contribution in [0.4, 0.5) is 0 Å². The van der Waals surface area contributed by atoms with Gasteiger partial charge in [-0.3, -0.25) is 4.90 Å². The van der Waals surface area contributed by atoms with Crippen LogP contribution in [0.3, 0.4) is 0 Å². The summed E-state index contributed by atoms with van der Waals surface area (Å²) in [5.74, 6) is 0. The highest BCUT2D eigenvalue weighted by Crippen LogP contribution is 2.25. The van der Waals surface area contributed by atoms with E-state index in [-0.39, 0.29) is 12.1 Å². The van der Waals surface area contributed by atoms with E-state index < -0.39 is 0 Å². The van der Waals surface area contributed by atoms with Gasteiger partial charge in [0.1, 0.15) is 0 Å².